The SMILES string of the molecule is Cl[Si](Cl)c1ccc2c(c1)COCO2. The maximum absolute atomic E-state index is 5.83. The highest BCUT2D eigenvalue weighted by Crippen LogP contribution is 2.22. The first-order valence-corrected chi connectivity index (χ1v) is 7.31. The fourth-order valence-electron chi connectivity index (χ4n) is 1.21. The first kappa shape index (κ1) is 9.34. The Balaban J connectivity index is 2.35. The minimum Gasteiger partial charge on any atom is -0.467 e. The highest BCUT2D eigenvalue weighted by molar-refractivity contribution is 7.39. The molecule has 1 heterocycles. The topological polar surface area (TPSA) is 18.5 Å². The first-order chi connectivity index (χ1) is 6.27. The van der Waals surface area contributed by atoms with E-state index in [2.05, 4.69) is 0 Å². The Kier molecular flexibility index (Phi) is 2.79. The third-order valence-electron chi connectivity index (χ3n) is 1.83. The first-order valence-electron chi connectivity index (χ1n) is 3.79. The van der Waals surface area contributed by atoms with Gasteiger partial charge >= 0.3 is 7.42 Å². The third kappa shape index (κ3) is 1.99. The van der Waals surface area contributed by atoms with E-state index >= 15 is 0 Å². The minimum absolute atomic E-state index is 0.325. The largest absolute Gasteiger partial charge is 0.467 e. The Morgan fingerprint density at radius 1 is 1.31 bits per heavy atom. The molecule has 1 aromatic carbocycles. The lowest BCUT2D eigenvalue weighted by Crippen LogP contribution is -2.21. The average Bonchev–Trinajstić information content (AvgIpc) is 2.17. The van der Waals surface area contributed by atoms with Crippen LogP contribution in [0.3, 0.4) is 0 Å². The maximum Gasteiger partial charge on any atom is 0.307 e. The number of rotatable bonds is 1. The molecule has 0 aliphatic carbocycles. The van der Waals surface area contributed by atoms with Crippen LogP contribution >= 0.6 is 22.2 Å². The third-order valence-corrected chi connectivity index (χ3v) is 3.89. The Bertz CT molecular complexity index is 317. The second kappa shape index (κ2) is 3.88. The molecule has 69 valence electrons. The normalized spacial score (nSPS) is 15.3. The molecule has 1 aromatic rings. The summed E-state index contributed by atoms with van der Waals surface area (Å²) < 4.78 is 10.4. The van der Waals surface area contributed by atoms with Crippen molar-refractivity contribution in [2.24, 2.45) is 0 Å². The molecule has 0 fully saturated rings. The molecule has 0 bridgehead atoms. The molecule has 1 aliphatic rings. The Hall–Kier alpha value is -0.223. The molecular weight excluding hydrogens is 227 g/mol. The van der Waals surface area contributed by atoms with Crippen molar-refractivity contribution in [2.45, 2.75) is 6.61 Å². The van der Waals surface area contributed by atoms with Crippen LogP contribution < -0.4 is 9.92 Å². The van der Waals surface area contributed by atoms with Crippen molar-refractivity contribution in [2.75, 3.05) is 6.79 Å². The molecular formula is C8H7Cl2O2Si. The molecule has 0 saturated carbocycles. The van der Waals surface area contributed by atoms with E-state index in [0.717, 1.165) is 16.5 Å². The van der Waals surface area contributed by atoms with Crippen LogP contribution in [0.4, 0.5) is 0 Å². The van der Waals surface area contributed by atoms with E-state index in [-0.39, 0.29) is 0 Å². The van der Waals surface area contributed by atoms with E-state index in [9.17, 15) is 0 Å². The van der Waals surface area contributed by atoms with Gasteiger partial charge in [0.25, 0.3) is 0 Å². The van der Waals surface area contributed by atoms with Gasteiger partial charge in [0.1, 0.15) is 5.75 Å². The lowest BCUT2D eigenvalue weighted by Gasteiger charge is -2.18. The van der Waals surface area contributed by atoms with E-state index in [1.54, 1.807) is 0 Å². The molecule has 1 aliphatic heterocycles. The van der Waals surface area contributed by atoms with Crippen molar-refractivity contribution in [3.05, 3.63) is 23.8 Å². The summed E-state index contributed by atoms with van der Waals surface area (Å²) >= 11 is 11.7. The van der Waals surface area contributed by atoms with Crippen LogP contribution in [-0.2, 0) is 11.3 Å². The Morgan fingerprint density at radius 3 is 2.92 bits per heavy atom. The van der Waals surface area contributed by atoms with Gasteiger partial charge in [-0.15, -0.1) is 22.2 Å². The molecule has 0 unspecified atom stereocenters. The number of hydrogen-bond donors (Lipinski definition) is 0. The molecule has 0 saturated heterocycles. The molecule has 0 N–H and O–H groups in total. The Labute approximate surface area is 87.4 Å². The molecule has 0 atom stereocenters. The van der Waals surface area contributed by atoms with Crippen molar-refractivity contribution in [3.63, 3.8) is 0 Å². The second-order valence-electron chi connectivity index (χ2n) is 2.69. The van der Waals surface area contributed by atoms with Gasteiger partial charge in [0.05, 0.1) is 6.61 Å². The minimum atomic E-state index is -1.41. The molecule has 13 heavy (non-hydrogen) atoms. The van der Waals surface area contributed by atoms with Gasteiger partial charge < -0.3 is 9.47 Å². The van der Waals surface area contributed by atoms with Crippen LogP contribution in [0.1, 0.15) is 5.56 Å². The number of fused-ring (bicyclic) bond motifs is 1. The highest BCUT2D eigenvalue weighted by atomic mass is 35.7. The molecule has 0 aromatic heterocycles. The van der Waals surface area contributed by atoms with Gasteiger partial charge in [0, 0.05) is 5.56 Å². The van der Waals surface area contributed by atoms with Crippen molar-refractivity contribution in [3.8, 4) is 5.75 Å². The van der Waals surface area contributed by atoms with Crippen molar-refractivity contribution >= 4 is 34.8 Å². The van der Waals surface area contributed by atoms with E-state index in [1.807, 2.05) is 18.2 Å². The number of benzene rings is 1. The van der Waals surface area contributed by atoms with E-state index in [0.29, 0.717) is 13.4 Å². The van der Waals surface area contributed by atoms with Gasteiger partial charge in [-0.2, -0.15) is 0 Å². The standard InChI is InChI=1S/C8H7Cl2O2Si/c9-13(10)7-1-2-8-6(3-7)4-11-5-12-8/h1-3H,4-5H2. The zero-order valence-electron chi connectivity index (χ0n) is 6.72. The van der Waals surface area contributed by atoms with Gasteiger partial charge in [-0.3, -0.25) is 0 Å². The molecule has 0 spiro atoms. The van der Waals surface area contributed by atoms with Gasteiger partial charge in [0.15, 0.2) is 6.79 Å². The molecule has 2 nitrogen and oxygen atoms in total. The van der Waals surface area contributed by atoms with Gasteiger partial charge in [-0.05, 0) is 11.3 Å². The highest BCUT2D eigenvalue weighted by Gasteiger charge is 2.14. The summed E-state index contributed by atoms with van der Waals surface area (Å²) in [5, 5.41) is 0.973. The summed E-state index contributed by atoms with van der Waals surface area (Å²) in [6.07, 6.45) is 0. The quantitative estimate of drug-likeness (QED) is 0.544. The molecule has 5 heteroatoms. The van der Waals surface area contributed by atoms with Crippen molar-refractivity contribution in [1.29, 1.82) is 0 Å². The predicted molar refractivity (Wildman–Crippen MR) is 53.8 cm³/mol. The number of hydrogen-bond acceptors (Lipinski definition) is 2. The van der Waals surface area contributed by atoms with E-state index in [4.69, 9.17) is 31.6 Å². The van der Waals surface area contributed by atoms with Crippen LogP contribution in [0.15, 0.2) is 18.2 Å². The van der Waals surface area contributed by atoms with Crippen LogP contribution in [0.25, 0.3) is 0 Å². The number of halogens is 2. The summed E-state index contributed by atoms with van der Waals surface area (Å²) in [5.41, 5.74) is 1.02. The van der Waals surface area contributed by atoms with E-state index in [1.165, 1.54) is 0 Å². The van der Waals surface area contributed by atoms with Crippen LogP contribution in [-0.4, -0.2) is 14.2 Å². The fraction of sp³-hybridized carbons (Fsp3) is 0.250. The number of ether oxygens (including phenoxy) is 2. The van der Waals surface area contributed by atoms with Crippen molar-refractivity contribution < 1.29 is 9.47 Å². The maximum atomic E-state index is 5.83. The second-order valence-corrected chi connectivity index (χ2v) is 6.64. The van der Waals surface area contributed by atoms with Crippen molar-refractivity contribution in [1.82, 2.24) is 0 Å². The lowest BCUT2D eigenvalue weighted by molar-refractivity contribution is -0.0163. The monoisotopic (exact) mass is 233 g/mol. The fourth-order valence-corrected chi connectivity index (χ4v) is 2.41. The zero-order valence-corrected chi connectivity index (χ0v) is 9.23. The van der Waals surface area contributed by atoms with Gasteiger partial charge in [-0.25, -0.2) is 0 Å². The van der Waals surface area contributed by atoms with Gasteiger partial charge in [-0.1, -0.05) is 12.1 Å². The molecule has 2 rings (SSSR count). The lowest BCUT2D eigenvalue weighted by atomic mass is 10.2. The molecule has 1 radical (unpaired) electrons. The summed E-state index contributed by atoms with van der Waals surface area (Å²) in [7, 11) is -1.41. The molecule has 0 amide bonds. The predicted octanol–water partition coefficient (Wildman–Crippen LogP) is 1.73. The average molecular weight is 234 g/mol. The smallest absolute Gasteiger partial charge is 0.307 e. The zero-order chi connectivity index (χ0) is 9.26. The van der Waals surface area contributed by atoms with Crippen LogP contribution in [0, 0.1) is 0 Å². The summed E-state index contributed by atoms with van der Waals surface area (Å²) in [6, 6.07) is 5.74. The van der Waals surface area contributed by atoms with E-state index < -0.39 is 7.42 Å². The summed E-state index contributed by atoms with van der Waals surface area (Å²) in [5.74, 6) is 0.867. The summed E-state index contributed by atoms with van der Waals surface area (Å²) in [4.78, 5) is 0. The van der Waals surface area contributed by atoms with Crippen LogP contribution in [0.5, 0.6) is 5.75 Å². The Morgan fingerprint density at radius 2 is 2.15 bits per heavy atom. The van der Waals surface area contributed by atoms with Crippen LogP contribution in [0.2, 0.25) is 0 Å². The summed E-state index contributed by atoms with van der Waals surface area (Å²) in [6.45, 7) is 0.901. The van der Waals surface area contributed by atoms with Gasteiger partial charge in [0.2, 0.25) is 0 Å².